The predicted octanol–water partition coefficient (Wildman–Crippen LogP) is 4.73. The first-order valence-electron chi connectivity index (χ1n) is 6.71. The summed E-state index contributed by atoms with van der Waals surface area (Å²) in [6, 6.07) is 14.8. The lowest BCUT2D eigenvalue weighted by Crippen LogP contribution is -2.02. The average molecular weight is 311 g/mol. The Balaban J connectivity index is 1.88. The maximum absolute atomic E-state index is 3.47. The van der Waals surface area contributed by atoms with E-state index in [4.69, 9.17) is 0 Å². The standard InChI is InChI=1S/C18H15Br/c19-18-7-3-4-14(13-18)8-9-15-10-11-16-5-1-2-6-17(16)12-15/h3-4,7,10-13H,1-2,5-6H2. The van der Waals surface area contributed by atoms with Crippen LogP contribution in [-0.4, -0.2) is 0 Å². The number of fused-ring (bicyclic) bond motifs is 1. The Kier molecular flexibility index (Phi) is 3.71. The van der Waals surface area contributed by atoms with Crippen molar-refractivity contribution in [3.63, 3.8) is 0 Å². The van der Waals surface area contributed by atoms with Gasteiger partial charge >= 0.3 is 0 Å². The van der Waals surface area contributed by atoms with Crippen molar-refractivity contribution < 1.29 is 0 Å². The second-order valence-electron chi connectivity index (χ2n) is 4.95. The lowest BCUT2D eigenvalue weighted by atomic mass is 9.90. The monoisotopic (exact) mass is 310 g/mol. The lowest BCUT2D eigenvalue weighted by Gasteiger charge is -2.15. The van der Waals surface area contributed by atoms with E-state index in [2.05, 4.69) is 46.0 Å². The lowest BCUT2D eigenvalue weighted by molar-refractivity contribution is 0.685. The number of hydrogen-bond donors (Lipinski definition) is 0. The van der Waals surface area contributed by atoms with Crippen LogP contribution in [0.2, 0.25) is 0 Å². The van der Waals surface area contributed by atoms with Crippen molar-refractivity contribution in [2.45, 2.75) is 25.7 Å². The number of halogens is 1. The molecule has 1 heteroatoms. The Morgan fingerprint density at radius 2 is 1.53 bits per heavy atom. The molecule has 0 atom stereocenters. The highest BCUT2D eigenvalue weighted by atomic mass is 79.9. The van der Waals surface area contributed by atoms with Crippen LogP contribution in [0.4, 0.5) is 0 Å². The molecule has 0 bridgehead atoms. The quantitative estimate of drug-likeness (QED) is 0.617. The second kappa shape index (κ2) is 5.63. The van der Waals surface area contributed by atoms with Gasteiger partial charge in [-0.3, -0.25) is 0 Å². The maximum Gasteiger partial charge on any atom is 0.0260 e. The van der Waals surface area contributed by atoms with Crippen molar-refractivity contribution >= 4 is 15.9 Å². The van der Waals surface area contributed by atoms with Crippen LogP contribution < -0.4 is 0 Å². The molecule has 3 rings (SSSR count). The third-order valence-corrected chi connectivity index (χ3v) is 4.02. The summed E-state index contributed by atoms with van der Waals surface area (Å²) in [5.41, 5.74) is 5.18. The van der Waals surface area contributed by atoms with Crippen LogP contribution in [0.25, 0.3) is 0 Å². The van der Waals surface area contributed by atoms with Crippen LogP contribution in [0.1, 0.15) is 35.1 Å². The first kappa shape index (κ1) is 12.5. The van der Waals surface area contributed by atoms with Gasteiger partial charge in [0.05, 0.1) is 0 Å². The molecule has 0 N–H and O–H groups in total. The molecule has 2 aromatic carbocycles. The third kappa shape index (κ3) is 3.08. The van der Waals surface area contributed by atoms with Crippen LogP contribution in [-0.2, 0) is 12.8 Å². The molecule has 0 amide bonds. The van der Waals surface area contributed by atoms with Gasteiger partial charge in [-0.25, -0.2) is 0 Å². The summed E-state index contributed by atoms with van der Waals surface area (Å²) in [7, 11) is 0. The molecule has 0 aromatic heterocycles. The largest absolute Gasteiger partial charge is 0.0616 e. The summed E-state index contributed by atoms with van der Waals surface area (Å²) < 4.78 is 1.07. The van der Waals surface area contributed by atoms with E-state index in [9.17, 15) is 0 Å². The Labute approximate surface area is 123 Å². The molecule has 1 aliphatic rings. The van der Waals surface area contributed by atoms with E-state index < -0.39 is 0 Å². The highest BCUT2D eigenvalue weighted by molar-refractivity contribution is 9.10. The zero-order valence-corrected chi connectivity index (χ0v) is 12.3. The minimum absolute atomic E-state index is 1.05. The van der Waals surface area contributed by atoms with E-state index in [0.717, 1.165) is 15.6 Å². The van der Waals surface area contributed by atoms with Gasteiger partial charge in [-0.05, 0) is 67.1 Å². The number of rotatable bonds is 0. The van der Waals surface area contributed by atoms with E-state index in [1.165, 1.54) is 36.8 Å². The van der Waals surface area contributed by atoms with Crippen molar-refractivity contribution in [1.29, 1.82) is 0 Å². The first-order chi connectivity index (χ1) is 9.31. The molecule has 0 fully saturated rings. The van der Waals surface area contributed by atoms with E-state index in [1.54, 1.807) is 0 Å². The summed E-state index contributed by atoms with van der Waals surface area (Å²) in [5, 5.41) is 0. The summed E-state index contributed by atoms with van der Waals surface area (Å²) in [6.07, 6.45) is 5.09. The van der Waals surface area contributed by atoms with Gasteiger partial charge in [0, 0.05) is 15.6 Å². The molecular weight excluding hydrogens is 296 g/mol. The van der Waals surface area contributed by atoms with Crippen molar-refractivity contribution in [2.75, 3.05) is 0 Å². The molecule has 2 aromatic rings. The van der Waals surface area contributed by atoms with Gasteiger partial charge in [0.25, 0.3) is 0 Å². The minimum Gasteiger partial charge on any atom is -0.0616 e. The molecule has 94 valence electrons. The molecule has 0 saturated heterocycles. The SMILES string of the molecule is Brc1cccc(C#Cc2ccc3c(c2)CCCC3)c1. The zero-order valence-electron chi connectivity index (χ0n) is 10.7. The Morgan fingerprint density at radius 3 is 2.32 bits per heavy atom. The van der Waals surface area contributed by atoms with E-state index in [0.29, 0.717) is 0 Å². The Hall–Kier alpha value is -1.52. The summed E-state index contributed by atoms with van der Waals surface area (Å²) >= 11 is 3.47. The van der Waals surface area contributed by atoms with Crippen molar-refractivity contribution in [1.82, 2.24) is 0 Å². The van der Waals surface area contributed by atoms with Gasteiger partial charge in [-0.1, -0.05) is 39.9 Å². The second-order valence-corrected chi connectivity index (χ2v) is 5.87. The molecule has 0 aliphatic heterocycles. The van der Waals surface area contributed by atoms with E-state index in [-0.39, 0.29) is 0 Å². The highest BCUT2D eigenvalue weighted by Gasteiger charge is 2.08. The van der Waals surface area contributed by atoms with Crippen LogP contribution >= 0.6 is 15.9 Å². The fourth-order valence-corrected chi connectivity index (χ4v) is 2.92. The van der Waals surface area contributed by atoms with Crippen molar-refractivity contribution in [3.8, 4) is 11.8 Å². The molecule has 1 aliphatic carbocycles. The van der Waals surface area contributed by atoms with Crippen LogP contribution in [0, 0.1) is 11.8 Å². The summed E-state index contributed by atoms with van der Waals surface area (Å²) in [5.74, 6) is 6.50. The van der Waals surface area contributed by atoms with Gasteiger partial charge in [0.15, 0.2) is 0 Å². The van der Waals surface area contributed by atoms with Crippen LogP contribution in [0.3, 0.4) is 0 Å². The maximum atomic E-state index is 3.47. The number of benzene rings is 2. The molecule has 0 spiro atoms. The molecular formula is C18H15Br. The predicted molar refractivity (Wildman–Crippen MR) is 83.2 cm³/mol. The summed E-state index contributed by atoms with van der Waals surface area (Å²) in [4.78, 5) is 0. The van der Waals surface area contributed by atoms with E-state index in [1.807, 2.05) is 24.3 Å². The fraction of sp³-hybridized carbons (Fsp3) is 0.222. The topological polar surface area (TPSA) is 0 Å². The fourth-order valence-electron chi connectivity index (χ4n) is 2.52. The third-order valence-electron chi connectivity index (χ3n) is 3.52. The van der Waals surface area contributed by atoms with Crippen LogP contribution in [0.15, 0.2) is 46.9 Å². The minimum atomic E-state index is 1.05. The molecule has 0 heterocycles. The van der Waals surface area contributed by atoms with Crippen LogP contribution in [0.5, 0.6) is 0 Å². The Bertz CT molecular complexity index is 659. The first-order valence-corrected chi connectivity index (χ1v) is 7.50. The number of hydrogen-bond acceptors (Lipinski definition) is 0. The van der Waals surface area contributed by atoms with E-state index >= 15 is 0 Å². The van der Waals surface area contributed by atoms with Gasteiger partial charge in [0.1, 0.15) is 0 Å². The van der Waals surface area contributed by atoms with Gasteiger partial charge < -0.3 is 0 Å². The van der Waals surface area contributed by atoms with Gasteiger partial charge in [0.2, 0.25) is 0 Å². The molecule has 0 unspecified atom stereocenters. The molecule has 0 saturated carbocycles. The molecule has 19 heavy (non-hydrogen) atoms. The van der Waals surface area contributed by atoms with Gasteiger partial charge in [-0.2, -0.15) is 0 Å². The normalized spacial score (nSPS) is 13.3. The average Bonchev–Trinajstić information content (AvgIpc) is 2.45. The summed E-state index contributed by atoms with van der Waals surface area (Å²) in [6.45, 7) is 0. The molecule has 0 nitrogen and oxygen atoms in total. The smallest absolute Gasteiger partial charge is 0.0260 e. The highest BCUT2D eigenvalue weighted by Crippen LogP contribution is 2.22. The van der Waals surface area contributed by atoms with Gasteiger partial charge in [-0.15, -0.1) is 0 Å². The number of aryl methyl sites for hydroxylation is 2. The molecule has 0 radical (unpaired) electrons. The van der Waals surface area contributed by atoms with Crippen molar-refractivity contribution in [2.24, 2.45) is 0 Å². The zero-order chi connectivity index (χ0) is 13.1. The Morgan fingerprint density at radius 1 is 0.789 bits per heavy atom. The van der Waals surface area contributed by atoms with Crippen molar-refractivity contribution in [3.05, 3.63) is 69.2 Å².